The third-order valence-corrected chi connectivity index (χ3v) is 6.50. The van der Waals surface area contributed by atoms with Crippen molar-refractivity contribution in [3.05, 3.63) is 63.7 Å². The fourth-order valence-corrected chi connectivity index (χ4v) is 4.02. The van der Waals surface area contributed by atoms with Gasteiger partial charge in [-0.15, -0.1) is 0 Å². The second-order valence-corrected chi connectivity index (χ2v) is 9.02. The summed E-state index contributed by atoms with van der Waals surface area (Å²) < 4.78 is 25.8. The van der Waals surface area contributed by atoms with Gasteiger partial charge in [0.2, 0.25) is 10.0 Å². The number of sulfonamides is 1. The second-order valence-electron chi connectivity index (χ2n) is 6.49. The highest BCUT2D eigenvalue weighted by atomic mass is 35.5. The highest BCUT2D eigenvalue weighted by molar-refractivity contribution is 7.89. The van der Waals surface area contributed by atoms with Crippen LogP contribution in [0.1, 0.15) is 40.0 Å². The van der Waals surface area contributed by atoms with Crippen LogP contribution < -0.4 is 5.32 Å². The van der Waals surface area contributed by atoms with E-state index in [9.17, 15) is 13.2 Å². The van der Waals surface area contributed by atoms with Crippen LogP contribution in [0.25, 0.3) is 0 Å². The minimum atomic E-state index is -3.74. The summed E-state index contributed by atoms with van der Waals surface area (Å²) in [5, 5.41) is 3.00. The van der Waals surface area contributed by atoms with E-state index < -0.39 is 10.0 Å². The molecule has 1 amide bonds. The third kappa shape index (κ3) is 4.26. The second kappa shape index (κ2) is 7.78. The molecule has 1 N–H and O–H groups in total. The highest BCUT2D eigenvalue weighted by Crippen LogP contribution is 2.25. The Labute approximate surface area is 160 Å². The van der Waals surface area contributed by atoms with Gasteiger partial charge in [-0.2, -0.15) is 0 Å². The van der Waals surface area contributed by atoms with E-state index in [1.807, 2.05) is 39.0 Å². The first-order valence-corrected chi connectivity index (χ1v) is 9.96. The molecule has 2 aromatic rings. The molecule has 2 rings (SSSR count). The summed E-state index contributed by atoms with van der Waals surface area (Å²) in [6.45, 7) is 5.88. The maximum absolute atomic E-state index is 12.6. The van der Waals surface area contributed by atoms with Crippen LogP contribution in [0.2, 0.25) is 5.02 Å². The van der Waals surface area contributed by atoms with Gasteiger partial charge in [-0.25, -0.2) is 12.7 Å². The molecule has 140 valence electrons. The largest absolute Gasteiger partial charge is 0.346 e. The van der Waals surface area contributed by atoms with Gasteiger partial charge in [0.05, 0.1) is 11.1 Å². The number of benzene rings is 2. The van der Waals surface area contributed by atoms with E-state index in [1.54, 1.807) is 0 Å². The molecule has 0 saturated heterocycles. The fraction of sp³-hybridized carbons (Fsp3) is 0.316. The lowest BCUT2D eigenvalue weighted by Gasteiger charge is -2.18. The quantitative estimate of drug-likeness (QED) is 0.840. The molecule has 0 bridgehead atoms. The Morgan fingerprint density at radius 2 is 1.77 bits per heavy atom. The lowest BCUT2D eigenvalue weighted by molar-refractivity contribution is 0.0939. The number of carbonyl (C=O) groups excluding carboxylic acids is 1. The van der Waals surface area contributed by atoms with Crippen LogP contribution in [0.15, 0.2) is 41.3 Å². The van der Waals surface area contributed by atoms with Crippen LogP contribution in [0.5, 0.6) is 0 Å². The number of hydrogen-bond donors (Lipinski definition) is 1. The van der Waals surface area contributed by atoms with Crippen LogP contribution in [0, 0.1) is 13.8 Å². The molecule has 0 saturated carbocycles. The van der Waals surface area contributed by atoms with Gasteiger partial charge in [-0.05, 0) is 50.1 Å². The first kappa shape index (κ1) is 20.4. The predicted octanol–water partition coefficient (Wildman–Crippen LogP) is 3.70. The highest BCUT2D eigenvalue weighted by Gasteiger charge is 2.23. The Morgan fingerprint density at radius 1 is 1.12 bits per heavy atom. The van der Waals surface area contributed by atoms with Crippen molar-refractivity contribution in [3.8, 4) is 0 Å². The molecule has 0 radical (unpaired) electrons. The zero-order chi connectivity index (χ0) is 19.6. The average Bonchev–Trinajstić information content (AvgIpc) is 2.56. The smallest absolute Gasteiger partial charge is 0.251 e. The van der Waals surface area contributed by atoms with Gasteiger partial charge in [0.25, 0.3) is 5.91 Å². The lowest BCUT2D eigenvalue weighted by atomic mass is 10.00. The van der Waals surface area contributed by atoms with Crippen LogP contribution in [0.4, 0.5) is 0 Å². The van der Waals surface area contributed by atoms with Gasteiger partial charge in [0.1, 0.15) is 4.90 Å². The fourth-order valence-electron chi connectivity index (χ4n) is 2.62. The molecule has 26 heavy (non-hydrogen) atoms. The molecule has 0 aromatic heterocycles. The molecule has 0 heterocycles. The van der Waals surface area contributed by atoms with E-state index in [4.69, 9.17) is 11.6 Å². The molecule has 7 heteroatoms. The lowest BCUT2D eigenvalue weighted by Crippen LogP contribution is -2.28. The van der Waals surface area contributed by atoms with Gasteiger partial charge in [0.15, 0.2) is 0 Å². The number of halogens is 1. The first-order valence-electron chi connectivity index (χ1n) is 8.14. The van der Waals surface area contributed by atoms with E-state index in [0.29, 0.717) is 0 Å². The van der Waals surface area contributed by atoms with Crippen LogP contribution in [-0.2, 0) is 10.0 Å². The van der Waals surface area contributed by atoms with E-state index in [2.05, 4.69) is 5.32 Å². The molecule has 2 aromatic carbocycles. The minimum Gasteiger partial charge on any atom is -0.346 e. The van der Waals surface area contributed by atoms with Gasteiger partial charge >= 0.3 is 0 Å². The number of hydrogen-bond acceptors (Lipinski definition) is 3. The van der Waals surface area contributed by atoms with Gasteiger partial charge < -0.3 is 5.32 Å². The molecular weight excluding hydrogens is 372 g/mol. The zero-order valence-electron chi connectivity index (χ0n) is 15.5. The summed E-state index contributed by atoms with van der Waals surface area (Å²) in [5.74, 6) is -0.356. The summed E-state index contributed by atoms with van der Waals surface area (Å²) in [4.78, 5) is 12.5. The number of aryl methyl sites for hydroxylation is 2. The number of rotatable bonds is 5. The van der Waals surface area contributed by atoms with Crippen molar-refractivity contribution < 1.29 is 13.2 Å². The van der Waals surface area contributed by atoms with Crippen LogP contribution >= 0.6 is 11.6 Å². The Balaban J connectivity index is 2.32. The molecule has 5 nitrogen and oxygen atoms in total. The minimum absolute atomic E-state index is 0.0813. The number of nitrogens with zero attached hydrogens (tertiary/aromatic N) is 1. The predicted molar refractivity (Wildman–Crippen MR) is 104 cm³/mol. The summed E-state index contributed by atoms with van der Waals surface area (Å²) in [7, 11) is -0.900. The standard InChI is InChI=1S/C19H23ClN2O3S/c1-12-6-7-13(2)16(10-12)14(3)21-19(23)15-8-9-17(20)18(11-15)26(24,25)22(4)5/h6-11,14H,1-5H3,(H,21,23). The molecule has 0 aliphatic heterocycles. The summed E-state index contributed by atoms with van der Waals surface area (Å²) >= 11 is 6.03. The number of nitrogens with one attached hydrogen (secondary N) is 1. The first-order chi connectivity index (χ1) is 12.0. The Bertz CT molecular complexity index is 940. The van der Waals surface area contributed by atoms with E-state index >= 15 is 0 Å². The molecule has 0 aliphatic rings. The molecule has 0 spiro atoms. The van der Waals surface area contributed by atoms with Gasteiger partial charge in [0, 0.05) is 19.7 Å². The van der Waals surface area contributed by atoms with Crippen LogP contribution in [-0.4, -0.2) is 32.7 Å². The molecular formula is C19H23ClN2O3S. The van der Waals surface area contributed by atoms with E-state index in [0.717, 1.165) is 21.0 Å². The van der Waals surface area contributed by atoms with E-state index in [1.165, 1.54) is 32.3 Å². The SMILES string of the molecule is Cc1ccc(C)c(C(C)NC(=O)c2ccc(Cl)c(S(=O)(=O)N(C)C)c2)c1. The molecule has 1 unspecified atom stereocenters. The summed E-state index contributed by atoms with van der Waals surface area (Å²) in [6, 6.07) is 10.1. The van der Waals surface area contributed by atoms with Gasteiger partial charge in [-0.1, -0.05) is 35.4 Å². The number of carbonyl (C=O) groups is 1. The monoisotopic (exact) mass is 394 g/mol. The van der Waals surface area contributed by atoms with Crippen molar-refractivity contribution in [2.45, 2.75) is 31.7 Å². The van der Waals surface area contributed by atoms with Crippen molar-refractivity contribution in [2.24, 2.45) is 0 Å². The van der Waals surface area contributed by atoms with Crippen molar-refractivity contribution in [2.75, 3.05) is 14.1 Å². The zero-order valence-corrected chi connectivity index (χ0v) is 17.1. The molecule has 1 atom stereocenters. The normalized spacial score (nSPS) is 12.9. The summed E-state index contributed by atoms with van der Waals surface area (Å²) in [6.07, 6.45) is 0. The topological polar surface area (TPSA) is 66.5 Å². The maximum atomic E-state index is 12.6. The van der Waals surface area contributed by atoms with E-state index in [-0.39, 0.29) is 27.4 Å². The van der Waals surface area contributed by atoms with Crippen molar-refractivity contribution in [1.82, 2.24) is 9.62 Å². The van der Waals surface area contributed by atoms with Crippen molar-refractivity contribution >= 4 is 27.5 Å². The Kier molecular flexibility index (Phi) is 6.11. The van der Waals surface area contributed by atoms with Crippen molar-refractivity contribution in [1.29, 1.82) is 0 Å². The van der Waals surface area contributed by atoms with Gasteiger partial charge in [-0.3, -0.25) is 4.79 Å². The third-order valence-electron chi connectivity index (χ3n) is 4.20. The van der Waals surface area contributed by atoms with Crippen molar-refractivity contribution in [3.63, 3.8) is 0 Å². The number of amides is 1. The average molecular weight is 395 g/mol. The molecule has 0 aliphatic carbocycles. The summed E-state index contributed by atoms with van der Waals surface area (Å²) in [5.41, 5.74) is 3.45. The maximum Gasteiger partial charge on any atom is 0.251 e. The Morgan fingerprint density at radius 3 is 2.38 bits per heavy atom. The Hall–Kier alpha value is -1.89. The molecule has 0 fully saturated rings. The van der Waals surface area contributed by atoms with Crippen LogP contribution in [0.3, 0.4) is 0 Å².